The Morgan fingerprint density at radius 1 is 0.826 bits per heavy atom. The van der Waals surface area contributed by atoms with Gasteiger partial charge in [-0.3, -0.25) is 0 Å². The van der Waals surface area contributed by atoms with Gasteiger partial charge in [0, 0.05) is 10.8 Å². The number of benzene rings is 2. The van der Waals surface area contributed by atoms with Gasteiger partial charge >= 0.3 is 0 Å². The molecule has 3 heterocycles. The molecule has 23 heavy (non-hydrogen) atoms. The Morgan fingerprint density at radius 2 is 1.30 bits per heavy atom. The van der Waals surface area contributed by atoms with Crippen molar-refractivity contribution in [2.24, 2.45) is 0 Å². The van der Waals surface area contributed by atoms with Crippen LogP contribution < -0.4 is 9.47 Å². The molecule has 2 saturated heterocycles. The van der Waals surface area contributed by atoms with Crippen molar-refractivity contribution < 1.29 is 18.9 Å². The van der Waals surface area contributed by atoms with Crippen LogP contribution in [0.3, 0.4) is 0 Å². The van der Waals surface area contributed by atoms with E-state index in [1.165, 1.54) is 20.2 Å². The Morgan fingerprint density at radius 3 is 1.74 bits per heavy atom. The second-order valence-electron chi connectivity index (χ2n) is 5.90. The minimum Gasteiger partial charge on any atom is -0.489 e. The fourth-order valence-electron chi connectivity index (χ4n) is 2.69. The van der Waals surface area contributed by atoms with Crippen molar-refractivity contribution in [3.8, 4) is 11.5 Å². The van der Waals surface area contributed by atoms with E-state index < -0.39 is 0 Å². The normalized spacial score (nSPS) is 22.4. The molecule has 4 nitrogen and oxygen atoms in total. The Hall–Kier alpha value is -1.82. The molecule has 0 aliphatic carbocycles. The van der Waals surface area contributed by atoms with Gasteiger partial charge in [-0.15, -0.1) is 11.3 Å². The molecule has 2 aliphatic rings. The summed E-state index contributed by atoms with van der Waals surface area (Å²) in [4.78, 5) is 0. The largest absolute Gasteiger partial charge is 0.489 e. The SMILES string of the molecule is c1cc(OCC2CO2)c2sc3c(OCC4CO4)cccc3c2c1. The lowest BCUT2D eigenvalue weighted by Gasteiger charge is -2.04. The molecule has 2 unspecified atom stereocenters. The summed E-state index contributed by atoms with van der Waals surface area (Å²) in [6.45, 7) is 2.86. The van der Waals surface area contributed by atoms with E-state index in [1.54, 1.807) is 11.3 Å². The van der Waals surface area contributed by atoms with Crippen LogP contribution in [0.4, 0.5) is 0 Å². The van der Waals surface area contributed by atoms with Crippen LogP contribution in [0.2, 0.25) is 0 Å². The average Bonchev–Trinajstić information content (AvgIpc) is 3.49. The zero-order valence-electron chi connectivity index (χ0n) is 12.5. The summed E-state index contributed by atoms with van der Waals surface area (Å²) < 4.78 is 24.7. The van der Waals surface area contributed by atoms with Crippen LogP contribution in [0.15, 0.2) is 36.4 Å². The molecule has 118 valence electrons. The molecule has 0 radical (unpaired) electrons. The number of hydrogen-bond donors (Lipinski definition) is 0. The van der Waals surface area contributed by atoms with Gasteiger partial charge in [-0.25, -0.2) is 0 Å². The monoisotopic (exact) mass is 328 g/mol. The third-order valence-corrected chi connectivity index (χ3v) is 5.36. The fourth-order valence-corrected chi connectivity index (χ4v) is 3.92. The van der Waals surface area contributed by atoms with Crippen LogP contribution in [0.5, 0.6) is 11.5 Å². The van der Waals surface area contributed by atoms with Crippen LogP contribution in [-0.4, -0.2) is 38.6 Å². The molecular weight excluding hydrogens is 312 g/mol. The smallest absolute Gasteiger partial charge is 0.137 e. The average molecular weight is 328 g/mol. The van der Waals surface area contributed by atoms with E-state index in [9.17, 15) is 0 Å². The number of thiophene rings is 1. The molecule has 2 aromatic carbocycles. The van der Waals surface area contributed by atoms with Crippen LogP contribution in [0.1, 0.15) is 0 Å². The maximum atomic E-state index is 5.95. The fraction of sp³-hybridized carbons (Fsp3) is 0.333. The molecule has 2 aliphatic heterocycles. The van der Waals surface area contributed by atoms with Gasteiger partial charge in [-0.05, 0) is 12.1 Å². The molecule has 1 aromatic heterocycles. The minimum atomic E-state index is 0.261. The molecule has 5 heteroatoms. The molecule has 3 aromatic rings. The van der Waals surface area contributed by atoms with Crippen molar-refractivity contribution in [3.05, 3.63) is 36.4 Å². The van der Waals surface area contributed by atoms with Gasteiger partial charge < -0.3 is 18.9 Å². The molecule has 0 spiro atoms. The number of fused-ring (bicyclic) bond motifs is 3. The maximum absolute atomic E-state index is 5.95. The summed E-state index contributed by atoms with van der Waals surface area (Å²) in [5, 5.41) is 2.43. The highest BCUT2D eigenvalue weighted by Gasteiger charge is 2.25. The summed E-state index contributed by atoms with van der Waals surface area (Å²) in [5.74, 6) is 1.85. The predicted molar refractivity (Wildman–Crippen MR) is 89.8 cm³/mol. The van der Waals surface area contributed by atoms with Crippen LogP contribution in [0.25, 0.3) is 20.2 Å². The van der Waals surface area contributed by atoms with Crippen molar-refractivity contribution in [2.45, 2.75) is 12.2 Å². The van der Waals surface area contributed by atoms with Gasteiger partial charge in [0.25, 0.3) is 0 Å². The van der Waals surface area contributed by atoms with E-state index in [2.05, 4.69) is 12.1 Å². The standard InChI is InChI=1S/C18H16O4S/c1-3-13-14-4-2-6-16(22-10-12-8-20-12)18(14)23-17(13)15(5-1)21-9-11-7-19-11/h1-6,11-12H,7-10H2. The minimum absolute atomic E-state index is 0.261. The van der Waals surface area contributed by atoms with Gasteiger partial charge in [-0.1, -0.05) is 24.3 Å². The van der Waals surface area contributed by atoms with Gasteiger partial charge in [0.05, 0.1) is 22.6 Å². The lowest BCUT2D eigenvalue weighted by molar-refractivity contribution is 0.265. The first-order valence-electron chi connectivity index (χ1n) is 7.81. The van der Waals surface area contributed by atoms with Crippen molar-refractivity contribution in [2.75, 3.05) is 26.4 Å². The first kappa shape index (κ1) is 13.6. The first-order chi connectivity index (χ1) is 11.4. The maximum Gasteiger partial charge on any atom is 0.137 e. The number of hydrogen-bond acceptors (Lipinski definition) is 5. The lowest BCUT2D eigenvalue weighted by atomic mass is 10.1. The summed E-state index contributed by atoms with van der Waals surface area (Å²) in [7, 11) is 0. The molecule has 0 amide bonds. The quantitative estimate of drug-likeness (QED) is 0.648. The third kappa shape index (κ3) is 2.65. The Kier molecular flexibility index (Phi) is 3.18. The molecule has 0 N–H and O–H groups in total. The Labute approximate surface area is 137 Å². The first-order valence-corrected chi connectivity index (χ1v) is 8.63. The summed E-state index contributed by atoms with van der Waals surface area (Å²) in [6.07, 6.45) is 0.522. The summed E-state index contributed by atoms with van der Waals surface area (Å²) in [6, 6.07) is 12.4. The van der Waals surface area contributed by atoms with Crippen LogP contribution in [-0.2, 0) is 9.47 Å². The zero-order chi connectivity index (χ0) is 15.2. The van der Waals surface area contributed by atoms with Crippen LogP contribution >= 0.6 is 11.3 Å². The van der Waals surface area contributed by atoms with Crippen molar-refractivity contribution in [1.29, 1.82) is 0 Å². The number of epoxide rings is 2. The topological polar surface area (TPSA) is 43.5 Å². The molecule has 5 rings (SSSR count). The van der Waals surface area contributed by atoms with E-state index in [1.807, 2.05) is 24.3 Å². The van der Waals surface area contributed by atoms with E-state index in [-0.39, 0.29) is 12.2 Å². The second-order valence-corrected chi connectivity index (χ2v) is 6.92. The van der Waals surface area contributed by atoms with E-state index >= 15 is 0 Å². The molecule has 0 bridgehead atoms. The summed E-state index contributed by atoms with van der Waals surface area (Å²) >= 11 is 1.73. The Balaban J connectivity index is 1.55. The predicted octanol–water partition coefficient (Wildman–Crippen LogP) is 3.61. The van der Waals surface area contributed by atoms with E-state index in [4.69, 9.17) is 18.9 Å². The van der Waals surface area contributed by atoms with Crippen LogP contribution in [0, 0.1) is 0 Å². The number of rotatable bonds is 6. The van der Waals surface area contributed by atoms with Crippen molar-refractivity contribution in [1.82, 2.24) is 0 Å². The number of ether oxygens (including phenoxy) is 4. The highest BCUT2D eigenvalue weighted by Crippen LogP contribution is 2.43. The van der Waals surface area contributed by atoms with E-state index in [0.29, 0.717) is 13.2 Å². The molecule has 0 saturated carbocycles. The molecule has 2 atom stereocenters. The Bertz CT molecular complexity index is 794. The highest BCUT2D eigenvalue weighted by molar-refractivity contribution is 7.26. The summed E-state index contributed by atoms with van der Waals surface area (Å²) in [5.41, 5.74) is 0. The van der Waals surface area contributed by atoms with Gasteiger partial charge in [-0.2, -0.15) is 0 Å². The highest BCUT2D eigenvalue weighted by atomic mass is 32.1. The second kappa shape index (κ2) is 5.37. The van der Waals surface area contributed by atoms with E-state index in [0.717, 1.165) is 24.7 Å². The van der Waals surface area contributed by atoms with Gasteiger partial charge in [0.1, 0.15) is 36.9 Å². The van der Waals surface area contributed by atoms with Crippen molar-refractivity contribution >= 4 is 31.5 Å². The zero-order valence-corrected chi connectivity index (χ0v) is 13.3. The molecule has 2 fully saturated rings. The third-order valence-electron chi connectivity index (χ3n) is 4.11. The lowest BCUT2D eigenvalue weighted by Crippen LogP contribution is -2.03. The molecular formula is C18H16O4S. The van der Waals surface area contributed by atoms with Gasteiger partial charge in [0.15, 0.2) is 0 Å². The van der Waals surface area contributed by atoms with Gasteiger partial charge in [0.2, 0.25) is 0 Å². The van der Waals surface area contributed by atoms with Crippen molar-refractivity contribution in [3.63, 3.8) is 0 Å².